The van der Waals surface area contributed by atoms with Gasteiger partial charge >= 0.3 is 0 Å². The van der Waals surface area contributed by atoms with Crippen LogP contribution < -0.4 is 0 Å². The van der Waals surface area contributed by atoms with Gasteiger partial charge in [-0.25, -0.2) is 0 Å². The minimum absolute atomic E-state index is 0.0228. The Hall–Kier alpha value is -0.960. The molecule has 1 nitrogen and oxygen atoms in total. The van der Waals surface area contributed by atoms with Gasteiger partial charge in [-0.05, 0) is 29.8 Å². The van der Waals surface area contributed by atoms with E-state index < -0.39 is 0 Å². The zero-order valence-corrected chi connectivity index (χ0v) is 12.4. The summed E-state index contributed by atoms with van der Waals surface area (Å²) in [6.45, 7) is 0. The van der Waals surface area contributed by atoms with Crippen LogP contribution in [0.15, 0.2) is 53.4 Å². The monoisotopic (exact) mass is 310 g/mol. The number of alkyl halides is 1. The molecule has 98 valence electrons. The van der Waals surface area contributed by atoms with Crippen LogP contribution >= 0.6 is 35.0 Å². The number of hydrogen-bond acceptors (Lipinski definition) is 2. The van der Waals surface area contributed by atoms with Crippen molar-refractivity contribution in [2.75, 3.05) is 5.88 Å². The Balaban J connectivity index is 1.98. The van der Waals surface area contributed by atoms with Crippen LogP contribution in [0, 0.1) is 0 Å². The lowest BCUT2D eigenvalue weighted by molar-refractivity contribution is 0.102. The lowest BCUT2D eigenvalue weighted by atomic mass is 10.1. The first-order valence-electron chi connectivity index (χ1n) is 5.75. The van der Waals surface area contributed by atoms with Crippen molar-refractivity contribution < 1.29 is 4.79 Å². The second-order valence-electron chi connectivity index (χ2n) is 4.00. The van der Waals surface area contributed by atoms with Crippen molar-refractivity contribution in [3.8, 4) is 0 Å². The molecule has 0 aliphatic carbocycles. The van der Waals surface area contributed by atoms with E-state index in [4.69, 9.17) is 23.2 Å². The average Bonchev–Trinajstić information content (AvgIpc) is 2.45. The molecule has 0 atom stereocenters. The third kappa shape index (κ3) is 4.27. The lowest BCUT2D eigenvalue weighted by Crippen LogP contribution is -1.99. The Labute approximate surface area is 126 Å². The van der Waals surface area contributed by atoms with Gasteiger partial charge in [-0.1, -0.05) is 35.9 Å². The van der Waals surface area contributed by atoms with Crippen LogP contribution in [0.2, 0.25) is 5.02 Å². The van der Waals surface area contributed by atoms with Crippen LogP contribution in [-0.2, 0) is 5.75 Å². The molecule has 0 aliphatic heterocycles. The topological polar surface area (TPSA) is 17.1 Å². The van der Waals surface area contributed by atoms with Gasteiger partial charge in [-0.3, -0.25) is 4.79 Å². The molecule has 0 spiro atoms. The molecular weight excluding hydrogens is 299 g/mol. The van der Waals surface area contributed by atoms with Crippen molar-refractivity contribution in [2.24, 2.45) is 0 Å². The number of halogens is 2. The smallest absolute Gasteiger partial charge is 0.177 e. The fraction of sp³-hybridized carbons (Fsp3) is 0.133. The zero-order valence-electron chi connectivity index (χ0n) is 10.1. The Morgan fingerprint density at radius 3 is 2.47 bits per heavy atom. The van der Waals surface area contributed by atoms with Crippen LogP contribution in [0.3, 0.4) is 0 Å². The number of benzene rings is 2. The molecule has 0 N–H and O–H groups in total. The van der Waals surface area contributed by atoms with Crippen LogP contribution in [0.4, 0.5) is 0 Å². The fourth-order valence-electron chi connectivity index (χ4n) is 1.61. The van der Waals surface area contributed by atoms with E-state index in [9.17, 15) is 4.79 Å². The number of carbonyl (C=O) groups is 1. The number of hydrogen-bond donors (Lipinski definition) is 0. The van der Waals surface area contributed by atoms with E-state index in [2.05, 4.69) is 0 Å². The van der Waals surface area contributed by atoms with E-state index in [-0.39, 0.29) is 11.7 Å². The molecule has 0 saturated heterocycles. The average molecular weight is 311 g/mol. The highest BCUT2D eigenvalue weighted by Gasteiger charge is 2.04. The van der Waals surface area contributed by atoms with E-state index in [1.165, 1.54) is 5.56 Å². The van der Waals surface area contributed by atoms with E-state index in [1.54, 1.807) is 11.8 Å². The molecule has 19 heavy (non-hydrogen) atoms. The van der Waals surface area contributed by atoms with Crippen molar-refractivity contribution >= 4 is 40.7 Å². The fourth-order valence-corrected chi connectivity index (χ4v) is 2.82. The quantitative estimate of drug-likeness (QED) is 0.436. The molecule has 0 fully saturated rings. The van der Waals surface area contributed by atoms with E-state index >= 15 is 0 Å². The first-order chi connectivity index (χ1) is 9.19. The van der Waals surface area contributed by atoms with Gasteiger partial charge in [0.1, 0.15) is 0 Å². The number of Topliss-reactive ketones (excluding diaryl/α,β-unsaturated/α-hetero) is 1. The van der Waals surface area contributed by atoms with E-state index in [1.807, 2.05) is 48.5 Å². The van der Waals surface area contributed by atoms with Crippen molar-refractivity contribution in [3.63, 3.8) is 0 Å². The van der Waals surface area contributed by atoms with Crippen LogP contribution in [0.25, 0.3) is 0 Å². The summed E-state index contributed by atoms with van der Waals surface area (Å²) in [4.78, 5) is 12.5. The Morgan fingerprint density at radius 1 is 1.11 bits per heavy atom. The molecule has 0 amide bonds. The minimum atomic E-state index is -0.0481. The number of ketones is 1. The normalized spacial score (nSPS) is 10.4. The summed E-state index contributed by atoms with van der Waals surface area (Å²) in [5, 5.41) is 0.751. The van der Waals surface area contributed by atoms with Crippen molar-refractivity contribution in [2.45, 2.75) is 10.6 Å². The first-order valence-corrected chi connectivity index (χ1v) is 7.65. The molecular formula is C15H12Cl2OS. The molecule has 0 saturated carbocycles. The SMILES string of the molecule is O=C(CCl)c1ccc(SCc2cccc(Cl)c2)cc1. The number of rotatable bonds is 5. The molecule has 2 aromatic rings. The van der Waals surface area contributed by atoms with E-state index in [0.717, 1.165) is 15.7 Å². The minimum Gasteiger partial charge on any atom is -0.293 e. The number of carbonyl (C=O) groups excluding carboxylic acids is 1. The predicted molar refractivity (Wildman–Crippen MR) is 82.5 cm³/mol. The molecule has 0 bridgehead atoms. The van der Waals surface area contributed by atoms with Gasteiger partial charge in [0.2, 0.25) is 0 Å². The molecule has 4 heteroatoms. The van der Waals surface area contributed by atoms with Crippen molar-refractivity contribution in [1.29, 1.82) is 0 Å². The third-order valence-electron chi connectivity index (χ3n) is 2.59. The molecule has 0 aliphatic rings. The van der Waals surface area contributed by atoms with Gasteiger partial charge < -0.3 is 0 Å². The summed E-state index contributed by atoms with van der Waals surface area (Å²) in [7, 11) is 0. The van der Waals surface area contributed by atoms with Crippen LogP contribution in [0.1, 0.15) is 15.9 Å². The highest BCUT2D eigenvalue weighted by molar-refractivity contribution is 7.98. The molecule has 0 radical (unpaired) electrons. The van der Waals surface area contributed by atoms with Gasteiger partial charge in [-0.15, -0.1) is 23.4 Å². The summed E-state index contributed by atoms with van der Waals surface area (Å²) in [6.07, 6.45) is 0. The maximum atomic E-state index is 11.4. The van der Waals surface area contributed by atoms with Gasteiger partial charge in [0.25, 0.3) is 0 Å². The molecule has 2 aromatic carbocycles. The number of thioether (sulfide) groups is 1. The van der Waals surface area contributed by atoms with Gasteiger partial charge in [0.15, 0.2) is 5.78 Å². The third-order valence-corrected chi connectivity index (χ3v) is 4.15. The Bertz CT molecular complexity index is 567. The summed E-state index contributed by atoms with van der Waals surface area (Å²) >= 11 is 13.2. The Morgan fingerprint density at radius 2 is 1.84 bits per heavy atom. The Kier molecular flexibility index (Phi) is 5.32. The maximum Gasteiger partial charge on any atom is 0.177 e. The molecule has 2 rings (SSSR count). The van der Waals surface area contributed by atoms with Gasteiger partial charge in [-0.2, -0.15) is 0 Å². The largest absolute Gasteiger partial charge is 0.293 e. The van der Waals surface area contributed by atoms with Crippen molar-refractivity contribution in [3.05, 3.63) is 64.7 Å². The summed E-state index contributed by atoms with van der Waals surface area (Å²) in [6, 6.07) is 15.3. The lowest BCUT2D eigenvalue weighted by Gasteiger charge is -2.04. The predicted octanol–water partition coefficient (Wildman–Crippen LogP) is 5.05. The zero-order chi connectivity index (χ0) is 13.7. The summed E-state index contributed by atoms with van der Waals surface area (Å²) < 4.78 is 0. The highest BCUT2D eigenvalue weighted by Crippen LogP contribution is 2.24. The first kappa shape index (κ1) is 14.4. The van der Waals surface area contributed by atoms with Crippen LogP contribution in [0.5, 0.6) is 0 Å². The molecule has 0 heterocycles. The molecule has 0 aromatic heterocycles. The van der Waals surface area contributed by atoms with E-state index in [0.29, 0.717) is 5.56 Å². The van der Waals surface area contributed by atoms with Crippen LogP contribution in [-0.4, -0.2) is 11.7 Å². The van der Waals surface area contributed by atoms with Gasteiger partial charge in [0, 0.05) is 21.2 Å². The van der Waals surface area contributed by atoms with Gasteiger partial charge in [0.05, 0.1) is 5.88 Å². The molecule has 0 unspecified atom stereocenters. The summed E-state index contributed by atoms with van der Waals surface area (Å²) in [5.74, 6) is 0.825. The van der Waals surface area contributed by atoms with Crippen molar-refractivity contribution in [1.82, 2.24) is 0 Å². The maximum absolute atomic E-state index is 11.4. The standard InChI is InChI=1S/C15H12Cl2OS/c16-9-15(18)12-4-6-14(7-5-12)19-10-11-2-1-3-13(17)8-11/h1-8H,9-10H2. The summed E-state index contributed by atoms with van der Waals surface area (Å²) in [5.41, 5.74) is 1.83. The highest BCUT2D eigenvalue weighted by atomic mass is 35.5. The second kappa shape index (κ2) is 6.99. The second-order valence-corrected chi connectivity index (χ2v) is 5.75.